The van der Waals surface area contributed by atoms with Crippen molar-refractivity contribution < 1.29 is 23.6 Å². The molecule has 0 radical (unpaired) electrons. The molecule has 1 amide bonds. The van der Waals surface area contributed by atoms with Gasteiger partial charge in [0.05, 0.1) is 6.61 Å². The lowest BCUT2D eigenvalue weighted by Gasteiger charge is -2.10. The number of ether oxygens (including phenoxy) is 2. The minimum absolute atomic E-state index is 0.170. The van der Waals surface area contributed by atoms with Crippen LogP contribution < -0.4 is 5.32 Å². The van der Waals surface area contributed by atoms with Crippen molar-refractivity contribution >= 4 is 11.9 Å². The molecule has 0 aromatic carbocycles. The number of nitrogens with zero attached hydrogens (tertiary/aromatic N) is 2. The zero-order valence-electron chi connectivity index (χ0n) is 14.2. The van der Waals surface area contributed by atoms with Crippen LogP contribution in [0.1, 0.15) is 45.3 Å². The van der Waals surface area contributed by atoms with Gasteiger partial charge in [-0.15, -0.1) is 0 Å². The lowest BCUT2D eigenvalue weighted by Crippen LogP contribution is -2.31. The van der Waals surface area contributed by atoms with Gasteiger partial charge in [0.2, 0.25) is 5.89 Å². The van der Waals surface area contributed by atoms with Crippen LogP contribution in [0.25, 0.3) is 0 Å². The van der Waals surface area contributed by atoms with Gasteiger partial charge in [-0.05, 0) is 6.42 Å². The van der Waals surface area contributed by atoms with Crippen molar-refractivity contribution in [2.75, 3.05) is 26.9 Å². The van der Waals surface area contributed by atoms with Crippen LogP contribution in [-0.2, 0) is 30.9 Å². The lowest BCUT2D eigenvalue weighted by atomic mass is 9.96. The zero-order valence-corrected chi connectivity index (χ0v) is 14.2. The van der Waals surface area contributed by atoms with Crippen molar-refractivity contribution in [1.29, 1.82) is 0 Å². The molecular formula is C15H25N3O5. The highest BCUT2D eigenvalue weighted by molar-refractivity contribution is 5.80. The van der Waals surface area contributed by atoms with Crippen LogP contribution in [0, 0.1) is 0 Å². The molecular weight excluding hydrogens is 302 g/mol. The second-order valence-corrected chi connectivity index (χ2v) is 6.12. The van der Waals surface area contributed by atoms with Gasteiger partial charge in [-0.2, -0.15) is 4.98 Å². The molecule has 8 nitrogen and oxygen atoms in total. The normalized spacial score (nSPS) is 11.3. The Hall–Kier alpha value is -1.96. The van der Waals surface area contributed by atoms with Gasteiger partial charge in [-0.25, -0.2) is 0 Å². The predicted octanol–water partition coefficient (Wildman–Crippen LogP) is 0.996. The molecule has 0 saturated carbocycles. The molecule has 1 N–H and O–H groups in total. The molecule has 0 aliphatic heterocycles. The van der Waals surface area contributed by atoms with E-state index >= 15 is 0 Å². The van der Waals surface area contributed by atoms with Crippen LogP contribution >= 0.6 is 0 Å². The van der Waals surface area contributed by atoms with Gasteiger partial charge in [0, 0.05) is 31.9 Å². The number of amides is 1. The van der Waals surface area contributed by atoms with Gasteiger partial charge < -0.3 is 19.3 Å². The number of esters is 1. The standard InChI is InChI=1S/C15H25N3O5/c1-15(2,3)14-17-12(23-18-14)6-5-7-13(20)22-10-11(19)16-8-9-21-4/h5-10H2,1-4H3,(H,16,19). The Morgan fingerprint density at radius 2 is 2.04 bits per heavy atom. The molecule has 0 atom stereocenters. The summed E-state index contributed by atoms with van der Waals surface area (Å²) in [6.07, 6.45) is 1.21. The molecule has 0 spiro atoms. The SMILES string of the molecule is COCCNC(=O)COC(=O)CCCc1nc(C(C)(C)C)no1. The highest BCUT2D eigenvalue weighted by Crippen LogP contribution is 2.18. The number of hydrogen-bond donors (Lipinski definition) is 1. The fourth-order valence-corrected chi connectivity index (χ4v) is 1.61. The first-order chi connectivity index (χ1) is 10.8. The van der Waals surface area contributed by atoms with Crippen molar-refractivity contribution in [3.05, 3.63) is 11.7 Å². The molecule has 8 heteroatoms. The lowest BCUT2D eigenvalue weighted by molar-refractivity contribution is -0.148. The average molecular weight is 327 g/mol. The van der Waals surface area contributed by atoms with E-state index in [0.29, 0.717) is 37.7 Å². The van der Waals surface area contributed by atoms with E-state index in [2.05, 4.69) is 15.5 Å². The third-order valence-corrected chi connectivity index (χ3v) is 2.90. The number of rotatable bonds is 9. The number of carbonyl (C=O) groups excluding carboxylic acids is 2. The fraction of sp³-hybridized carbons (Fsp3) is 0.733. The van der Waals surface area contributed by atoms with Crippen molar-refractivity contribution in [2.24, 2.45) is 0 Å². The summed E-state index contributed by atoms with van der Waals surface area (Å²) in [5.41, 5.74) is -0.170. The zero-order chi connectivity index (χ0) is 17.3. The number of aromatic nitrogens is 2. The first kappa shape index (κ1) is 19.1. The molecule has 1 aromatic rings. The average Bonchev–Trinajstić information content (AvgIpc) is 2.94. The number of aryl methyl sites for hydroxylation is 1. The number of carbonyl (C=O) groups is 2. The Kier molecular flexibility index (Phi) is 7.67. The summed E-state index contributed by atoms with van der Waals surface area (Å²) < 4.78 is 14.8. The Morgan fingerprint density at radius 1 is 1.30 bits per heavy atom. The summed E-state index contributed by atoms with van der Waals surface area (Å²) in [4.78, 5) is 27.2. The topological polar surface area (TPSA) is 104 Å². The van der Waals surface area contributed by atoms with E-state index in [4.69, 9.17) is 14.0 Å². The fourth-order valence-electron chi connectivity index (χ4n) is 1.61. The largest absolute Gasteiger partial charge is 0.456 e. The van der Waals surface area contributed by atoms with Gasteiger partial charge in [0.25, 0.3) is 5.91 Å². The smallest absolute Gasteiger partial charge is 0.306 e. The summed E-state index contributed by atoms with van der Waals surface area (Å²) >= 11 is 0. The number of hydrogen-bond acceptors (Lipinski definition) is 7. The summed E-state index contributed by atoms with van der Waals surface area (Å²) in [5.74, 6) is 0.368. The van der Waals surface area contributed by atoms with Crippen molar-refractivity contribution in [3.8, 4) is 0 Å². The van der Waals surface area contributed by atoms with E-state index in [1.807, 2.05) is 20.8 Å². The third-order valence-electron chi connectivity index (χ3n) is 2.90. The molecule has 1 aromatic heterocycles. The van der Waals surface area contributed by atoms with Gasteiger partial charge >= 0.3 is 5.97 Å². The molecule has 130 valence electrons. The van der Waals surface area contributed by atoms with Crippen molar-refractivity contribution in [1.82, 2.24) is 15.5 Å². The molecule has 0 aliphatic carbocycles. The van der Waals surface area contributed by atoms with Crippen LogP contribution in [0.3, 0.4) is 0 Å². The number of nitrogens with one attached hydrogen (secondary N) is 1. The maximum atomic E-state index is 11.5. The van der Waals surface area contributed by atoms with Gasteiger partial charge in [0.1, 0.15) is 0 Å². The van der Waals surface area contributed by atoms with E-state index in [1.165, 1.54) is 0 Å². The van der Waals surface area contributed by atoms with E-state index in [9.17, 15) is 9.59 Å². The first-order valence-corrected chi connectivity index (χ1v) is 7.57. The molecule has 1 heterocycles. The molecule has 23 heavy (non-hydrogen) atoms. The van der Waals surface area contributed by atoms with Crippen LogP contribution in [0.15, 0.2) is 4.52 Å². The molecule has 0 saturated heterocycles. The summed E-state index contributed by atoms with van der Waals surface area (Å²) in [6, 6.07) is 0. The highest BCUT2D eigenvalue weighted by Gasteiger charge is 2.20. The maximum absolute atomic E-state index is 11.5. The number of methoxy groups -OCH3 is 1. The minimum Gasteiger partial charge on any atom is -0.456 e. The maximum Gasteiger partial charge on any atom is 0.306 e. The highest BCUT2D eigenvalue weighted by atomic mass is 16.5. The van der Waals surface area contributed by atoms with Gasteiger partial charge in [0.15, 0.2) is 12.4 Å². The Labute approximate surface area is 135 Å². The molecule has 0 aliphatic rings. The summed E-state index contributed by atoms with van der Waals surface area (Å²) in [7, 11) is 1.54. The molecule has 0 unspecified atom stereocenters. The summed E-state index contributed by atoms with van der Waals surface area (Å²) in [5, 5.41) is 6.48. The van der Waals surface area contributed by atoms with Crippen LogP contribution in [0.2, 0.25) is 0 Å². The van der Waals surface area contributed by atoms with Gasteiger partial charge in [-0.1, -0.05) is 25.9 Å². The first-order valence-electron chi connectivity index (χ1n) is 7.57. The Morgan fingerprint density at radius 3 is 2.65 bits per heavy atom. The second-order valence-electron chi connectivity index (χ2n) is 6.12. The minimum atomic E-state index is -0.428. The van der Waals surface area contributed by atoms with Crippen LogP contribution in [-0.4, -0.2) is 48.9 Å². The predicted molar refractivity (Wildman–Crippen MR) is 81.8 cm³/mol. The summed E-state index contributed by atoms with van der Waals surface area (Å²) in [6.45, 7) is 6.52. The van der Waals surface area contributed by atoms with Crippen molar-refractivity contribution in [2.45, 2.75) is 45.4 Å². The molecule has 0 fully saturated rings. The third kappa shape index (κ3) is 7.73. The van der Waals surface area contributed by atoms with Crippen LogP contribution in [0.4, 0.5) is 0 Å². The van der Waals surface area contributed by atoms with E-state index in [0.717, 1.165) is 0 Å². The van der Waals surface area contributed by atoms with Gasteiger partial charge in [-0.3, -0.25) is 9.59 Å². The van der Waals surface area contributed by atoms with E-state index < -0.39 is 5.97 Å². The van der Waals surface area contributed by atoms with E-state index in [1.54, 1.807) is 7.11 Å². The monoisotopic (exact) mass is 327 g/mol. The molecule has 0 bridgehead atoms. The quantitative estimate of drug-likeness (QED) is 0.533. The molecule has 1 rings (SSSR count). The van der Waals surface area contributed by atoms with E-state index in [-0.39, 0.29) is 24.3 Å². The Balaban J connectivity index is 2.19. The van der Waals surface area contributed by atoms with Crippen LogP contribution in [0.5, 0.6) is 0 Å². The Bertz CT molecular complexity index is 507. The second kappa shape index (κ2) is 9.24. The van der Waals surface area contributed by atoms with Crippen molar-refractivity contribution in [3.63, 3.8) is 0 Å².